The number of aromatic nitrogens is 2. The summed E-state index contributed by atoms with van der Waals surface area (Å²) in [6, 6.07) is 0.387. The van der Waals surface area contributed by atoms with Crippen LogP contribution in [0.4, 0.5) is 0 Å². The molecule has 1 fully saturated rings. The SMILES string of the molecule is CCC1CCCCN1C(=O)c1cnc(C)nc1. The van der Waals surface area contributed by atoms with Gasteiger partial charge in [0.2, 0.25) is 0 Å². The first-order chi connectivity index (χ1) is 8.22. The average molecular weight is 233 g/mol. The average Bonchev–Trinajstić information content (AvgIpc) is 2.39. The summed E-state index contributed by atoms with van der Waals surface area (Å²) in [5, 5.41) is 0. The predicted molar refractivity (Wildman–Crippen MR) is 65.7 cm³/mol. The van der Waals surface area contributed by atoms with Crippen molar-refractivity contribution in [2.24, 2.45) is 0 Å². The third kappa shape index (κ3) is 2.62. The number of piperidine rings is 1. The summed E-state index contributed by atoms with van der Waals surface area (Å²) in [6.45, 7) is 4.83. The minimum atomic E-state index is 0.0801. The maximum absolute atomic E-state index is 12.3. The number of rotatable bonds is 2. The molecule has 1 saturated heterocycles. The first-order valence-electron chi connectivity index (χ1n) is 6.32. The Hall–Kier alpha value is -1.45. The third-order valence-electron chi connectivity index (χ3n) is 3.39. The second-order valence-electron chi connectivity index (χ2n) is 4.58. The molecule has 1 unspecified atom stereocenters. The molecule has 0 aromatic carbocycles. The van der Waals surface area contributed by atoms with Gasteiger partial charge >= 0.3 is 0 Å². The number of aryl methyl sites for hydroxylation is 1. The van der Waals surface area contributed by atoms with Crippen molar-refractivity contribution in [3.63, 3.8) is 0 Å². The zero-order chi connectivity index (χ0) is 12.3. The van der Waals surface area contributed by atoms with Gasteiger partial charge in [-0.05, 0) is 32.6 Å². The second kappa shape index (κ2) is 5.25. The van der Waals surface area contributed by atoms with E-state index in [2.05, 4.69) is 16.9 Å². The molecule has 0 spiro atoms. The zero-order valence-corrected chi connectivity index (χ0v) is 10.5. The van der Waals surface area contributed by atoms with E-state index < -0.39 is 0 Å². The van der Waals surface area contributed by atoms with Gasteiger partial charge in [-0.1, -0.05) is 6.92 Å². The Balaban J connectivity index is 2.15. The molecule has 4 nitrogen and oxygen atoms in total. The molecule has 17 heavy (non-hydrogen) atoms. The van der Waals surface area contributed by atoms with E-state index in [-0.39, 0.29) is 5.91 Å². The van der Waals surface area contributed by atoms with Gasteiger partial charge in [-0.2, -0.15) is 0 Å². The van der Waals surface area contributed by atoms with E-state index in [1.807, 2.05) is 11.8 Å². The van der Waals surface area contributed by atoms with Crippen molar-refractivity contribution in [1.29, 1.82) is 0 Å². The Kier molecular flexibility index (Phi) is 3.71. The maximum atomic E-state index is 12.3. The van der Waals surface area contributed by atoms with Gasteiger partial charge in [0.15, 0.2) is 0 Å². The molecule has 1 aliphatic rings. The van der Waals surface area contributed by atoms with Gasteiger partial charge in [0.25, 0.3) is 5.91 Å². The number of likely N-dealkylation sites (tertiary alicyclic amines) is 1. The van der Waals surface area contributed by atoms with Crippen LogP contribution in [0.25, 0.3) is 0 Å². The largest absolute Gasteiger partial charge is 0.336 e. The minimum absolute atomic E-state index is 0.0801. The van der Waals surface area contributed by atoms with E-state index in [1.54, 1.807) is 12.4 Å². The van der Waals surface area contributed by atoms with E-state index in [1.165, 1.54) is 6.42 Å². The molecule has 0 radical (unpaired) electrons. The lowest BCUT2D eigenvalue weighted by Crippen LogP contribution is -2.43. The highest BCUT2D eigenvalue weighted by molar-refractivity contribution is 5.93. The Labute approximate surface area is 102 Å². The van der Waals surface area contributed by atoms with Gasteiger partial charge in [-0.3, -0.25) is 4.79 Å². The quantitative estimate of drug-likeness (QED) is 0.786. The molecule has 0 aliphatic carbocycles. The van der Waals surface area contributed by atoms with Crippen LogP contribution in [-0.2, 0) is 0 Å². The van der Waals surface area contributed by atoms with E-state index >= 15 is 0 Å². The van der Waals surface area contributed by atoms with Crippen molar-refractivity contribution < 1.29 is 4.79 Å². The molecule has 92 valence electrons. The summed E-state index contributed by atoms with van der Waals surface area (Å²) in [4.78, 5) is 22.5. The molecule has 1 aliphatic heterocycles. The van der Waals surface area contributed by atoms with Crippen LogP contribution in [0.5, 0.6) is 0 Å². The van der Waals surface area contributed by atoms with Crippen LogP contribution in [0.15, 0.2) is 12.4 Å². The summed E-state index contributed by atoms with van der Waals surface area (Å²) < 4.78 is 0. The third-order valence-corrected chi connectivity index (χ3v) is 3.39. The Morgan fingerprint density at radius 3 is 2.76 bits per heavy atom. The fraction of sp³-hybridized carbons (Fsp3) is 0.615. The fourth-order valence-electron chi connectivity index (χ4n) is 2.36. The summed E-state index contributed by atoms with van der Waals surface area (Å²) in [5.74, 6) is 0.781. The molecular formula is C13H19N3O. The Bertz CT molecular complexity index is 388. The highest BCUT2D eigenvalue weighted by atomic mass is 16.2. The van der Waals surface area contributed by atoms with Gasteiger partial charge in [0.05, 0.1) is 5.56 Å². The number of nitrogens with zero attached hydrogens (tertiary/aromatic N) is 3. The van der Waals surface area contributed by atoms with E-state index in [4.69, 9.17) is 0 Å². The fourth-order valence-corrected chi connectivity index (χ4v) is 2.36. The molecule has 2 rings (SSSR count). The molecule has 4 heteroatoms. The molecule has 1 aromatic heterocycles. The van der Waals surface area contributed by atoms with Crippen LogP contribution in [-0.4, -0.2) is 33.4 Å². The standard InChI is InChI=1S/C13H19N3O/c1-3-12-6-4-5-7-16(12)13(17)11-8-14-10(2)15-9-11/h8-9,12H,3-7H2,1-2H3. The maximum Gasteiger partial charge on any atom is 0.257 e. The van der Waals surface area contributed by atoms with E-state index in [0.717, 1.165) is 25.8 Å². The number of hydrogen-bond acceptors (Lipinski definition) is 3. The zero-order valence-electron chi connectivity index (χ0n) is 10.5. The lowest BCUT2D eigenvalue weighted by atomic mass is 9.99. The van der Waals surface area contributed by atoms with Crippen LogP contribution >= 0.6 is 0 Å². The van der Waals surface area contributed by atoms with Crippen LogP contribution in [0, 0.1) is 6.92 Å². The van der Waals surface area contributed by atoms with Crippen molar-refractivity contribution in [3.05, 3.63) is 23.8 Å². The van der Waals surface area contributed by atoms with Crippen LogP contribution in [0.3, 0.4) is 0 Å². The normalized spacial score (nSPS) is 20.4. The van der Waals surface area contributed by atoms with Gasteiger partial charge in [-0.25, -0.2) is 9.97 Å². The van der Waals surface area contributed by atoms with Gasteiger partial charge in [0, 0.05) is 25.0 Å². The van der Waals surface area contributed by atoms with Crippen molar-refractivity contribution in [2.45, 2.75) is 45.6 Å². The molecule has 1 aromatic rings. The molecule has 0 bridgehead atoms. The summed E-state index contributed by atoms with van der Waals surface area (Å²) in [7, 11) is 0. The minimum Gasteiger partial charge on any atom is -0.336 e. The molecule has 1 amide bonds. The van der Waals surface area contributed by atoms with Crippen molar-refractivity contribution >= 4 is 5.91 Å². The molecule has 1 atom stereocenters. The van der Waals surface area contributed by atoms with E-state index in [0.29, 0.717) is 17.4 Å². The van der Waals surface area contributed by atoms with Crippen molar-refractivity contribution in [1.82, 2.24) is 14.9 Å². The smallest absolute Gasteiger partial charge is 0.257 e. The monoisotopic (exact) mass is 233 g/mol. The number of amides is 1. The molecule has 2 heterocycles. The summed E-state index contributed by atoms with van der Waals surface area (Å²) >= 11 is 0. The van der Waals surface area contributed by atoms with Gasteiger partial charge < -0.3 is 4.90 Å². The highest BCUT2D eigenvalue weighted by Gasteiger charge is 2.26. The van der Waals surface area contributed by atoms with Crippen LogP contribution < -0.4 is 0 Å². The molecule has 0 N–H and O–H groups in total. The topological polar surface area (TPSA) is 46.1 Å². The number of carbonyl (C=O) groups excluding carboxylic acids is 1. The lowest BCUT2D eigenvalue weighted by Gasteiger charge is -2.35. The first kappa shape index (κ1) is 12.0. The summed E-state index contributed by atoms with van der Waals surface area (Å²) in [6.07, 6.45) is 7.74. The van der Waals surface area contributed by atoms with Crippen molar-refractivity contribution in [3.8, 4) is 0 Å². The van der Waals surface area contributed by atoms with Gasteiger partial charge in [0.1, 0.15) is 5.82 Å². The second-order valence-corrected chi connectivity index (χ2v) is 4.58. The molecule has 0 saturated carbocycles. The van der Waals surface area contributed by atoms with Crippen LogP contribution in [0.1, 0.15) is 48.8 Å². The van der Waals surface area contributed by atoms with E-state index in [9.17, 15) is 4.79 Å². The van der Waals surface area contributed by atoms with Gasteiger partial charge in [-0.15, -0.1) is 0 Å². The predicted octanol–water partition coefficient (Wildman–Crippen LogP) is 2.19. The molecular weight excluding hydrogens is 214 g/mol. The highest BCUT2D eigenvalue weighted by Crippen LogP contribution is 2.21. The Morgan fingerprint density at radius 1 is 1.41 bits per heavy atom. The first-order valence-corrected chi connectivity index (χ1v) is 6.32. The number of hydrogen-bond donors (Lipinski definition) is 0. The van der Waals surface area contributed by atoms with Crippen molar-refractivity contribution in [2.75, 3.05) is 6.54 Å². The number of carbonyl (C=O) groups is 1. The van der Waals surface area contributed by atoms with Crippen LogP contribution in [0.2, 0.25) is 0 Å². The Morgan fingerprint density at radius 2 is 2.12 bits per heavy atom. The lowest BCUT2D eigenvalue weighted by molar-refractivity contribution is 0.0607. The summed E-state index contributed by atoms with van der Waals surface area (Å²) in [5.41, 5.74) is 0.607.